The zero-order chi connectivity index (χ0) is 17.9. The zero-order valence-electron chi connectivity index (χ0n) is 14.0. The summed E-state index contributed by atoms with van der Waals surface area (Å²) in [7, 11) is 0.806. The van der Waals surface area contributed by atoms with E-state index in [1.807, 2.05) is 0 Å². The van der Waals surface area contributed by atoms with Crippen molar-refractivity contribution in [1.29, 1.82) is 0 Å². The van der Waals surface area contributed by atoms with Crippen molar-refractivity contribution < 1.29 is 22.3 Å². The van der Waals surface area contributed by atoms with Gasteiger partial charge in [0.1, 0.15) is 0 Å². The molecule has 1 amide bonds. The van der Waals surface area contributed by atoms with E-state index in [1.54, 1.807) is 4.90 Å². The standard InChI is InChI=1S/C15H22FN3O4S/c1-17(2)24(21,22)19-8-4-7-18(9-10-19)15(20)12-5-6-14(23-3)13(16)11-12/h5-6,11H,4,7-10H2,1-3H3. The van der Waals surface area contributed by atoms with E-state index in [1.165, 1.54) is 37.6 Å². The average molecular weight is 359 g/mol. The Hall–Kier alpha value is -1.71. The van der Waals surface area contributed by atoms with Crippen LogP contribution in [0.5, 0.6) is 5.75 Å². The van der Waals surface area contributed by atoms with Crippen molar-refractivity contribution in [3.05, 3.63) is 29.6 Å². The Balaban J connectivity index is 2.11. The summed E-state index contributed by atoms with van der Waals surface area (Å²) in [5, 5.41) is 0. The lowest BCUT2D eigenvalue weighted by atomic mass is 10.1. The van der Waals surface area contributed by atoms with E-state index in [-0.39, 0.29) is 30.3 Å². The van der Waals surface area contributed by atoms with Gasteiger partial charge < -0.3 is 9.64 Å². The molecule has 0 N–H and O–H groups in total. The first kappa shape index (κ1) is 18.6. The molecule has 0 unspecified atom stereocenters. The minimum atomic E-state index is -3.50. The summed E-state index contributed by atoms with van der Waals surface area (Å²) in [6.07, 6.45) is 0.525. The third-order valence-corrected chi connectivity index (χ3v) is 5.87. The summed E-state index contributed by atoms with van der Waals surface area (Å²) in [6.45, 7) is 1.25. The Bertz CT molecular complexity index is 709. The lowest BCUT2D eigenvalue weighted by molar-refractivity contribution is 0.0763. The summed E-state index contributed by atoms with van der Waals surface area (Å²) >= 11 is 0. The van der Waals surface area contributed by atoms with Gasteiger partial charge in [-0.05, 0) is 24.6 Å². The van der Waals surface area contributed by atoms with Crippen LogP contribution < -0.4 is 4.74 Å². The van der Waals surface area contributed by atoms with Crippen LogP contribution in [0.3, 0.4) is 0 Å². The highest BCUT2D eigenvalue weighted by Crippen LogP contribution is 2.19. The third-order valence-electron chi connectivity index (χ3n) is 3.93. The van der Waals surface area contributed by atoms with Crippen molar-refractivity contribution in [2.45, 2.75) is 6.42 Å². The number of benzene rings is 1. The number of halogens is 1. The van der Waals surface area contributed by atoms with Crippen LogP contribution in [0.2, 0.25) is 0 Å². The maximum absolute atomic E-state index is 13.8. The highest BCUT2D eigenvalue weighted by molar-refractivity contribution is 7.86. The van der Waals surface area contributed by atoms with Crippen molar-refractivity contribution >= 4 is 16.1 Å². The zero-order valence-corrected chi connectivity index (χ0v) is 14.8. The molecule has 1 aromatic carbocycles. The maximum atomic E-state index is 13.8. The number of ether oxygens (including phenoxy) is 1. The minimum Gasteiger partial charge on any atom is -0.494 e. The van der Waals surface area contributed by atoms with Crippen LogP contribution in [-0.2, 0) is 10.2 Å². The minimum absolute atomic E-state index is 0.0747. The molecule has 1 aromatic rings. The highest BCUT2D eigenvalue weighted by Gasteiger charge is 2.28. The molecule has 0 saturated carbocycles. The van der Waals surface area contributed by atoms with Crippen LogP contribution in [0.25, 0.3) is 0 Å². The van der Waals surface area contributed by atoms with Crippen molar-refractivity contribution in [3.63, 3.8) is 0 Å². The van der Waals surface area contributed by atoms with Crippen molar-refractivity contribution in [3.8, 4) is 5.75 Å². The van der Waals surface area contributed by atoms with E-state index in [9.17, 15) is 17.6 Å². The molecule has 9 heteroatoms. The van der Waals surface area contributed by atoms with Crippen LogP contribution in [0.1, 0.15) is 16.8 Å². The molecule has 0 aromatic heterocycles. The number of nitrogens with zero attached hydrogens (tertiary/aromatic N) is 3. The fourth-order valence-corrected chi connectivity index (χ4v) is 3.67. The number of hydrogen-bond acceptors (Lipinski definition) is 4. The van der Waals surface area contributed by atoms with Gasteiger partial charge in [-0.1, -0.05) is 0 Å². The van der Waals surface area contributed by atoms with Crippen LogP contribution in [0.15, 0.2) is 18.2 Å². The Morgan fingerprint density at radius 2 is 1.92 bits per heavy atom. The Morgan fingerprint density at radius 3 is 2.50 bits per heavy atom. The molecule has 1 heterocycles. The Kier molecular flexibility index (Phi) is 5.79. The smallest absolute Gasteiger partial charge is 0.281 e. The fraction of sp³-hybridized carbons (Fsp3) is 0.533. The first-order chi connectivity index (χ1) is 11.3. The van der Waals surface area contributed by atoms with Crippen LogP contribution in [0.4, 0.5) is 4.39 Å². The quantitative estimate of drug-likeness (QED) is 0.797. The molecule has 1 aliphatic heterocycles. The summed E-state index contributed by atoms with van der Waals surface area (Å²) < 4.78 is 45.5. The monoisotopic (exact) mass is 359 g/mol. The molecule has 24 heavy (non-hydrogen) atoms. The topological polar surface area (TPSA) is 70.2 Å². The van der Waals surface area contributed by atoms with E-state index >= 15 is 0 Å². The molecule has 0 bridgehead atoms. The first-order valence-corrected chi connectivity index (χ1v) is 8.97. The number of methoxy groups -OCH3 is 1. The second-order valence-corrected chi connectivity index (χ2v) is 7.83. The number of amides is 1. The van der Waals surface area contributed by atoms with Crippen LogP contribution in [0, 0.1) is 5.82 Å². The number of carbonyl (C=O) groups excluding carboxylic acids is 1. The largest absolute Gasteiger partial charge is 0.494 e. The molecule has 1 aliphatic rings. The average Bonchev–Trinajstić information content (AvgIpc) is 2.80. The number of carbonyl (C=O) groups is 1. The van der Waals surface area contributed by atoms with Gasteiger partial charge in [-0.3, -0.25) is 4.79 Å². The summed E-state index contributed by atoms with van der Waals surface area (Å²) in [4.78, 5) is 14.1. The number of rotatable bonds is 4. The van der Waals surface area contributed by atoms with E-state index in [0.29, 0.717) is 19.5 Å². The Morgan fingerprint density at radius 1 is 1.21 bits per heavy atom. The van der Waals surface area contributed by atoms with Crippen molar-refractivity contribution in [1.82, 2.24) is 13.5 Å². The van der Waals surface area contributed by atoms with Crippen LogP contribution in [-0.4, -0.2) is 75.2 Å². The molecule has 1 saturated heterocycles. The normalized spacial score (nSPS) is 17.0. The molecule has 2 rings (SSSR count). The second-order valence-electron chi connectivity index (χ2n) is 5.68. The fourth-order valence-electron chi connectivity index (χ4n) is 2.54. The third kappa shape index (κ3) is 3.85. The lowest BCUT2D eigenvalue weighted by Gasteiger charge is -2.24. The van der Waals surface area contributed by atoms with Gasteiger partial charge in [-0.25, -0.2) is 4.39 Å². The molecule has 0 atom stereocenters. The van der Waals surface area contributed by atoms with Gasteiger partial charge >= 0.3 is 0 Å². The first-order valence-electron chi connectivity index (χ1n) is 7.57. The molecule has 0 spiro atoms. The predicted molar refractivity (Wildman–Crippen MR) is 87.7 cm³/mol. The van der Waals surface area contributed by atoms with E-state index in [4.69, 9.17) is 4.74 Å². The molecule has 0 radical (unpaired) electrons. The van der Waals surface area contributed by atoms with E-state index in [0.717, 1.165) is 10.4 Å². The van der Waals surface area contributed by atoms with Gasteiger partial charge in [0.15, 0.2) is 11.6 Å². The van der Waals surface area contributed by atoms with E-state index < -0.39 is 16.0 Å². The summed E-state index contributed by atoms with van der Waals surface area (Å²) in [6, 6.07) is 4.05. The SMILES string of the molecule is COc1ccc(C(=O)N2CCCN(S(=O)(=O)N(C)C)CC2)cc1F. The van der Waals surface area contributed by atoms with Gasteiger partial charge in [0.05, 0.1) is 7.11 Å². The summed E-state index contributed by atoms with van der Waals surface area (Å²) in [5.41, 5.74) is 0.220. The second kappa shape index (κ2) is 7.45. The van der Waals surface area contributed by atoms with Gasteiger partial charge in [-0.15, -0.1) is 0 Å². The van der Waals surface area contributed by atoms with Crippen molar-refractivity contribution in [2.24, 2.45) is 0 Å². The van der Waals surface area contributed by atoms with Gasteiger partial charge in [-0.2, -0.15) is 17.0 Å². The van der Waals surface area contributed by atoms with Gasteiger partial charge in [0.2, 0.25) is 0 Å². The van der Waals surface area contributed by atoms with Gasteiger partial charge in [0.25, 0.3) is 16.1 Å². The predicted octanol–water partition coefficient (Wildman–Crippen LogP) is 0.789. The molecular weight excluding hydrogens is 337 g/mol. The van der Waals surface area contributed by atoms with Crippen molar-refractivity contribution in [2.75, 3.05) is 47.4 Å². The lowest BCUT2D eigenvalue weighted by Crippen LogP contribution is -2.42. The highest BCUT2D eigenvalue weighted by atomic mass is 32.2. The van der Waals surface area contributed by atoms with Gasteiger partial charge in [0, 0.05) is 45.8 Å². The molecule has 1 fully saturated rings. The number of hydrogen-bond donors (Lipinski definition) is 0. The molecule has 7 nitrogen and oxygen atoms in total. The Labute approximate surface area is 141 Å². The van der Waals surface area contributed by atoms with E-state index in [2.05, 4.69) is 0 Å². The summed E-state index contributed by atoms with van der Waals surface area (Å²) in [5.74, 6) is -0.846. The van der Waals surface area contributed by atoms with Crippen LogP contribution >= 0.6 is 0 Å². The molecule has 134 valence electrons. The molecular formula is C15H22FN3O4S. The molecule has 0 aliphatic carbocycles. The maximum Gasteiger partial charge on any atom is 0.281 e.